The fourth-order valence-electron chi connectivity index (χ4n) is 2.11. The molecule has 0 aromatic carbocycles. The molecule has 1 aromatic rings. The average molecular weight is 278 g/mol. The third-order valence-electron chi connectivity index (χ3n) is 3.04. The minimum absolute atomic E-state index is 0.0874. The van der Waals surface area contributed by atoms with Crippen LogP contribution in [-0.4, -0.2) is 41.0 Å². The monoisotopic (exact) mass is 277 g/mol. The molecular weight excluding hydrogens is 262 g/mol. The van der Waals surface area contributed by atoms with Gasteiger partial charge in [0, 0.05) is 31.7 Å². The van der Waals surface area contributed by atoms with E-state index in [-0.39, 0.29) is 10.9 Å². The van der Waals surface area contributed by atoms with Crippen molar-refractivity contribution in [3.8, 4) is 0 Å². The van der Waals surface area contributed by atoms with Crippen molar-refractivity contribution in [3.63, 3.8) is 0 Å². The van der Waals surface area contributed by atoms with Gasteiger partial charge < -0.3 is 0 Å². The van der Waals surface area contributed by atoms with Crippen LogP contribution >= 0.6 is 11.6 Å². The highest BCUT2D eigenvalue weighted by Gasteiger charge is 2.33. The van der Waals surface area contributed by atoms with Gasteiger partial charge in [-0.05, 0) is 12.8 Å². The van der Waals surface area contributed by atoms with Crippen LogP contribution in [0.5, 0.6) is 0 Å². The molecule has 0 spiro atoms. The highest BCUT2D eigenvalue weighted by atomic mass is 35.5. The lowest BCUT2D eigenvalue weighted by molar-refractivity contribution is 0.271. The first-order valence-corrected chi connectivity index (χ1v) is 7.59. The topological polar surface area (TPSA) is 55.2 Å². The molecule has 17 heavy (non-hydrogen) atoms. The zero-order valence-corrected chi connectivity index (χ0v) is 11.3. The summed E-state index contributed by atoms with van der Waals surface area (Å²) in [5.74, 6) is 0.347. The number of hydrogen-bond acceptors (Lipinski definition) is 3. The number of aromatic nitrogens is 2. The van der Waals surface area contributed by atoms with Gasteiger partial charge >= 0.3 is 0 Å². The quantitative estimate of drug-likeness (QED) is 0.780. The predicted octanol–water partition coefficient (Wildman–Crippen LogP) is 1.20. The van der Waals surface area contributed by atoms with Crippen LogP contribution in [0.25, 0.3) is 0 Å². The minimum Gasteiger partial charge on any atom is -0.274 e. The van der Waals surface area contributed by atoms with E-state index in [0.29, 0.717) is 12.4 Å². The van der Waals surface area contributed by atoms with Gasteiger partial charge in [0.2, 0.25) is 10.0 Å². The highest BCUT2D eigenvalue weighted by Crippen LogP contribution is 2.25. The molecule has 1 aliphatic heterocycles. The standard InChI is InChI=1S/C10H16ClN3O2S/c1-13-8-10(7-12-13)17(15,16)14-5-3-2-4-9(14)6-11/h7-9H,2-6H2,1H3. The van der Waals surface area contributed by atoms with Crippen LogP contribution in [-0.2, 0) is 17.1 Å². The van der Waals surface area contributed by atoms with Gasteiger partial charge in [0.1, 0.15) is 4.90 Å². The van der Waals surface area contributed by atoms with Crippen molar-refractivity contribution >= 4 is 21.6 Å². The summed E-state index contributed by atoms with van der Waals surface area (Å²) in [4.78, 5) is 0.247. The molecule has 0 aliphatic carbocycles. The van der Waals surface area contributed by atoms with Crippen LogP contribution in [0.1, 0.15) is 19.3 Å². The van der Waals surface area contributed by atoms with E-state index in [1.54, 1.807) is 7.05 Å². The molecule has 2 rings (SSSR count). The zero-order chi connectivity index (χ0) is 12.5. The average Bonchev–Trinajstić information content (AvgIpc) is 2.76. The van der Waals surface area contributed by atoms with Crippen molar-refractivity contribution in [3.05, 3.63) is 12.4 Å². The van der Waals surface area contributed by atoms with Crippen molar-refractivity contribution in [2.75, 3.05) is 12.4 Å². The maximum absolute atomic E-state index is 12.4. The summed E-state index contributed by atoms with van der Waals surface area (Å²) in [6, 6.07) is -0.0874. The highest BCUT2D eigenvalue weighted by molar-refractivity contribution is 7.89. The molecule has 5 nitrogen and oxygen atoms in total. The van der Waals surface area contributed by atoms with Crippen LogP contribution in [0.2, 0.25) is 0 Å². The van der Waals surface area contributed by atoms with E-state index in [0.717, 1.165) is 19.3 Å². The molecule has 0 radical (unpaired) electrons. The Hall–Kier alpha value is -0.590. The third kappa shape index (κ3) is 2.48. The van der Waals surface area contributed by atoms with E-state index in [1.807, 2.05) is 0 Å². The third-order valence-corrected chi connectivity index (χ3v) is 5.30. The second kappa shape index (κ2) is 4.96. The summed E-state index contributed by atoms with van der Waals surface area (Å²) in [5.41, 5.74) is 0. The zero-order valence-electron chi connectivity index (χ0n) is 9.71. The summed E-state index contributed by atoms with van der Waals surface area (Å²) < 4.78 is 27.8. The number of nitrogens with zero attached hydrogens (tertiary/aromatic N) is 3. The Morgan fingerprint density at radius 3 is 2.88 bits per heavy atom. The van der Waals surface area contributed by atoms with E-state index >= 15 is 0 Å². The van der Waals surface area contributed by atoms with Crippen LogP contribution in [0.4, 0.5) is 0 Å². The normalized spacial score (nSPS) is 22.8. The van der Waals surface area contributed by atoms with Crippen LogP contribution in [0.3, 0.4) is 0 Å². The van der Waals surface area contributed by atoms with Gasteiger partial charge in [-0.15, -0.1) is 11.6 Å². The predicted molar refractivity (Wildman–Crippen MR) is 65.5 cm³/mol. The first-order valence-electron chi connectivity index (χ1n) is 5.62. The first-order chi connectivity index (χ1) is 8.05. The van der Waals surface area contributed by atoms with Crippen molar-refractivity contribution < 1.29 is 8.42 Å². The summed E-state index contributed by atoms with van der Waals surface area (Å²) in [6.07, 6.45) is 5.68. The number of rotatable bonds is 3. The Bertz CT molecular complexity index is 485. The summed E-state index contributed by atoms with van der Waals surface area (Å²) >= 11 is 5.85. The lowest BCUT2D eigenvalue weighted by atomic mass is 10.1. The maximum Gasteiger partial charge on any atom is 0.246 e. The van der Waals surface area contributed by atoms with Gasteiger partial charge in [-0.25, -0.2) is 8.42 Å². The molecule has 1 atom stereocenters. The molecular formula is C10H16ClN3O2S. The second-order valence-electron chi connectivity index (χ2n) is 4.27. The van der Waals surface area contributed by atoms with Gasteiger partial charge in [0.05, 0.1) is 6.20 Å². The van der Waals surface area contributed by atoms with Crippen LogP contribution < -0.4 is 0 Å². The number of aryl methyl sites for hydroxylation is 1. The summed E-state index contributed by atoms with van der Waals surface area (Å²) in [6.45, 7) is 0.550. The Morgan fingerprint density at radius 2 is 2.29 bits per heavy atom. The van der Waals surface area contributed by atoms with Crippen LogP contribution in [0.15, 0.2) is 17.3 Å². The summed E-state index contributed by atoms with van der Waals surface area (Å²) in [7, 11) is -1.73. The number of sulfonamides is 1. The number of hydrogen-bond donors (Lipinski definition) is 0. The number of piperidine rings is 1. The van der Waals surface area contributed by atoms with Crippen LogP contribution in [0, 0.1) is 0 Å². The smallest absolute Gasteiger partial charge is 0.246 e. The SMILES string of the molecule is Cn1cc(S(=O)(=O)N2CCCCC2CCl)cn1. The van der Waals surface area contributed by atoms with Gasteiger partial charge in [0.25, 0.3) is 0 Å². The van der Waals surface area contributed by atoms with E-state index in [2.05, 4.69) is 5.10 Å². The Labute approximate surface area is 106 Å². The number of alkyl halides is 1. The number of halogens is 1. The molecule has 1 unspecified atom stereocenters. The van der Waals surface area contributed by atoms with E-state index in [4.69, 9.17) is 11.6 Å². The van der Waals surface area contributed by atoms with Gasteiger partial charge in [-0.1, -0.05) is 6.42 Å². The fourth-order valence-corrected chi connectivity index (χ4v) is 4.19. The van der Waals surface area contributed by atoms with Crippen molar-refractivity contribution in [2.45, 2.75) is 30.2 Å². The molecule has 2 heterocycles. The molecule has 0 bridgehead atoms. The Kier molecular flexibility index (Phi) is 3.75. The van der Waals surface area contributed by atoms with Gasteiger partial charge in [-0.3, -0.25) is 4.68 Å². The van der Waals surface area contributed by atoms with E-state index in [1.165, 1.54) is 21.4 Å². The molecule has 1 aliphatic rings. The van der Waals surface area contributed by atoms with Crippen molar-refractivity contribution in [1.82, 2.24) is 14.1 Å². The Balaban J connectivity index is 2.30. The minimum atomic E-state index is -3.44. The van der Waals surface area contributed by atoms with E-state index < -0.39 is 10.0 Å². The second-order valence-corrected chi connectivity index (χ2v) is 6.47. The summed E-state index contributed by atoms with van der Waals surface area (Å²) in [5, 5.41) is 3.91. The molecule has 1 fully saturated rings. The van der Waals surface area contributed by atoms with Gasteiger partial charge in [0.15, 0.2) is 0 Å². The Morgan fingerprint density at radius 1 is 1.53 bits per heavy atom. The first kappa shape index (κ1) is 12.9. The molecule has 96 valence electrons. The van der Waals surface area contributed by atoms with Crippen molar-refractivity contribution in [1.29, 1.82) is 0 Å². The molecule has 0 amide bonds. The molecule has 0 N–H and O–H groups in total. The fraction of sp³-hybridized carbons (Fsp3) is 0.700. The molecule has 7 heteroatoms. The van der Waals surface area contributed by atoms with E-state index in [9.17, 15) is 8.42 Å². The maximum atomic E-state index is 12.4. The molecule has 1 aromatic heterocycles. The van der Waals surface area contributed by atoms with Gasteiger partial charge in [-0.2, -0.15) is 9.40 Å². The molecule has 0 saturated carbocycles. The largest absolute Gasteiger partial charge is 0.274 e. The lowest BCUT2D eigenvalue weighted by Crippen LogP contribution is -2.44. The molecule has 1 saturated heterocycles. The van der Waals surface area contributed by atoms with Crippen molar-refractivity contribution in [2.24, 2.45) is 7.05 Å². The lowest BCUT2D eigenvalue weighted by Gasteiger charge is -2.32.